The lowest BCUT2D eigenvalue weighted by Gasteiger charge is -2.05. The summed E-state index contributed by atoms with van der Waals surface area (Å²) in [6.07, 6.45) is 11.1. The highest BCUT2D eigenvalue weighted by Crippen LogP contribution is 2.19. The molecule has 0 rings (SSSR count). The van der Waals surface area contributed by atoms with Crippen molar-refractivity contribution in [1.29, 1.82) is 0 Å². The van der Waals surface area contributed by atoms with Crippen molar-refractivity contribution in [2.75, 3.05) is 0 Å². The van der Waals surface area contributed by atoms with Crippen LogP contribution in [0.4, 0.5) is 0 Å². The van der Waals surface area contributed by atoms with Crippen LogP contribution in [0.3, 0.4) is 0 Å². The van der Waals surface area contributed by atoms with Gasteiger partial charge in [-0.1, -0.05) is 30.9 Å². The van der Waals surface area contributed by atoms with Crippen LogP contribution in [-0.4, -0.2) is 8.42 Å². The Bertz CT molecular complexity index is 446. The molecular weight excluding hydrogens is 220 g/mol. The summed E-state index contributed by atoms with van der Waals surface area (Å²) in [6, 6.07) is 0. The van der Waals surface area contributed by atoms with Crippen molar-refractivity contribution in [1.82, 2.24) is 0 Å². The summed E-state index contributed by atoms with van der Waals surface area (Å²) in [5.41, 5.74) is 0. The highest BCUT2D eigenvalue weighted by molar-refractivity contribution is 7.99. The maximum absolute atomic E-state index is 12.1. The van der Waals surface area contributed by atoms with E-state index in [-0.39, 0.29) is 4.91 Å². The summed E-state index contributed by atoms with van der Waals surface area (Å²) < 4.78 is 24.3. The molecule has 0 saturated heterocycles. The highest BCUT2D eigenvalue weighted by atomic mass is 32.2. The van der Waals surface area contributed by atoms with E-state index < -0.39 is 9.84 Å². The van der Waals surface area contributed by atoms with E-state index in [0.717, 1.165) is 0 Å². The first-order valence-electron chi connectivity index (χ1n) is 5.04. The molecule has 0 aromatic rings. The van der Waals surface area contributed by atoms with Crippen LogP contribution in [0.15, 0.2) is 58.9 Å². The number of hydrogen-bond acceptors (Lipinski definition) is 2. The lowest BCUT2D eigenvalue weighted by molar-refractivity contribution is 0.609. The molecule has 88 valence electrons. The highest BCUT2D eigenvalue weighted by Gasteiger charge is 2.17. The average Bonchev–Trinajstić information content (AvgIpc) is 2.25. The fraction of sp³-hybridized carbons (Fsp3) is 0.231. The van der Waals surface area contributed by atoms with Crippen molar-refractivity contribution in [3.63, 3.8) is 0 Å². The maximum atomic E-state index is 12.1. The summed E-state index contributed by atoms with van der Waals surface area (Å²) in [5, 5.41) is 0. The predicted octanol–water partition coefficient (Wildman–Crippen LogP) is 3.53. The van der Waals surface area contributed by atoms with Gasteiger partial charge in [0.1, 0.15) is 0 Å². The molecule has 0 aromatic heterocycles. The molecule has 3 heteroatoms. The molecule has 0 spiro atoms. The Labute approximate surface area is 98.3 Å². The lowest BCUT2D eigenvalue weighted by atomic mass is 10.4. The van der Waals surface area contributed by atoms with E-state index in [2.05, 4.69) is 6.58 Å². The predicted molar refractivity (Wildman–Crippen MR) is 70.6 cm³/mol. The van der Waals surface area contributed by atoms with Crippen LogP contribution in [-0.2, 0) is 9.84 Å². The summed E-state index contributed by atoms with van der Waals surface area (Å²) in [4.78, 5) is 0.539. The third-order valence-corrected chi connectivity index (χ3v) is 3.73. The van der Waals surface area contributed by atoms with Gasteiger partial charge in [0.25, 0.3) is 0 Å². The standard InChI is InChI=1S/C13H18O2S/c1-5-9-12(8-4)16(14,15)13(10-6-2)11-7-3/h5-11H,2H2,1,3-4H3/b9-5-,11-7-,12-8+,13-10+. The Morgan fingerprint density at radius 3 is 1.88 bits per heavy atom. The molecule has 2 nitrogen and oxygen atoms in total. The normalized spacial score (nSPS) is 14.9. The Morgan fingerprint density at radius 1 is 1.00 bits per heavy atom. The molecule has 0 amide bonds. The largest absolute Gasteiger partial charge is 0.219 e. The van der Waals surface area contributed by atoms with Gasteiger partial charge < -0.3 is 0 Å². The number of rotatable bonds is 5. The molecule has 0 aliphatic heterocycles. The minimum Gasteiger partial charge on any atom is -0.219 e. The summed E-state index contributed by atoms with van der Waals surface area (Å²) >= 11 is 0. The van der Waals surface area contributed by atoms with Gasteiger partial charge in [0.15, 0.2) is 0 Å². The van der Waals surface area contributed by atoms with E-state index in [1.807, 2.05) is 0 Å². The SMILES string of the molecule is C=C/C=C(\C=C/C)S(=O)(=O)C(/C=C\C)=C/C. The van der Waals surface area contributed by atoms with Crippen LogP contribution in [0.2, 0.25) is 0 Å². The second-order valence-corrected chi connectivity index (χ2v) is 4.95. The van der Waals surface area contributed by atoms with Crippen molar-refractivity contribution in [3.8, 4) is 0 Å². The zero-order valence-electron chi connectivity index (χ0n) is 9.97. The third-order valence-electron chi connectivity index (χ3n) is 1.85. The fourth-order valence-corrected chi connectivity index (χ4v) is 2.64. The minimum atomic E-state index is -3.42. The third kappa shape index (κ3) is 3.66. The molecule has 0 bridgehead atoms. The first-order valence-corrected chi connectivity index (χ1v) is 6.52. The molecule has 0 heterocycles. The lowest BCUT2D eigenvalue weighted by Crippen LogP contribution is -2.04. The molecule has 0 saturated carbocycles. The molecule has 0 radical (unpaired) electrons. The molecule has 0 unspecified atom stereocenters. The van der Waals surface area contributed by atoms with E-state index in [4.69, 9.17) is 0 Å². The Kier molecular flexibility index (Phi) is 6.42. The van der Waals surface area contributed by atoms with Crippen LogP contribution in [0, 0.1) is 0 Å². The van der Waals surface area contributed by atoms with Gasteiger partial charge in [-0.15, -0.1) is 0 Å². The Morgan fingerprint density at radius 2 is 1.50 bits per heavy atom. The number of sulfone groups is 1. The molecule has 0 aliphatic carbocycles. The average molecular weight is 238 g/mol. The molecule has 0 atom stereocenters. The van der Waals surface area contributed by atoms with Crippen molar-refractivity contribution in [2.24, 2.45) is 0 Å². The molecular formula is C13H18O2S. The smallest absolute Gasteiger partial charge is 0.206 e. The van der Waals surface area contributed by atoms with Crippen molar-refractivity contribution >= 4 is 9.84 Å². The van der Waals surface area contributed by atoms with Gasteiger partial charge in [-0.3, -0.25) is 0 Å². The number of allylic oxidation sites excluding steroid dienone is 7. The number of hydrogen-bond donors (Lipinski definition) is 0. The van der Waals surface area contributed by atoms with Gasteiger partial charge >= 0.3 is 0 Å². The van der Waals surface area contributed by atoms with E-state index in [1.54, 1.807) is 51.2 Å². The van der Waals surface area contributed by atoms with E-state index >= 15 is 0 Å². The van der Waals surface area contributed by atoms with Crippen molar-refractivity contribution in [3.05, 3.63) is 58.9 Å². The zero-order chi connectivity index (χ0) is 12.6. The maximum Gasteiger partial charge on any atom is 0.206 e. The van der Waals surface area contributed by atoms with Crippen LogP contribution >= 0.6 is 0 Å². The first kappa shape index (κ1) is 14.6. The Balaban J connectivity index is 5.65. The molecule has 0 N–H and O–H groups in total. The van der Waals surface area contributed by atoms with Crippen LogP contribution in [0.25, 0.3) is 0 Å². The van der Waals surface area contributed by atoms with Gasteiger partial charge in [-0.25, -0.2) is 8.42 Å². The topological polar surface area (TPSA) is 34.1 Å². The van der Waals surface area contributed by atoms with Gasteiger partial charge in [0.2, 0.25) is 9.84 Å². The van der Waals surface area contributed by atoms with Gasteiger partial charge in [0.05, 0.1) is 9.81 Å². The van der Waals surface area contributed by atoms with Crippen molar-refractivity contribution in [2.45, 2.75) is 20.8 Å². The summed E-state index contributed by atoms with van der Waals surface area (Å²) in [5.74, 6) is 0. The van der Waals surface area contributed by atoms with Crippen molar-refractivity contribution < 1.29 is 8.42 Å². The summed E-state index contributed by atoms with van der Waals surface area (Å²) in [7, 11) is -3.42. The molecule has 0 aromatic carbocycles. The summed E-state index contributed by atoms with van der Waals surface area (Å²) in [6.45, 7) is 8.78. The van der Waals surface area contributed by atoms with Gasteiger partial charge in [-0.05, 0) is 39.0 Å². The monoisotopic (exact) mass is 238 g/mol. The van der Waals surface area contributed by atoms with E-state index in [0.29, 0.717) is 4.91 Å². The van der Waals surface area contributed by atoms with Crippen LogP contribution in [0.1, 0.15) is 20.8 Å². The van der Waals surface area contributed by atoms with Gasteiger partial charge in [0, 0.05) is 0 Å². The van der Waals surface area contributed by atoms with E-state index in [1.165, 1.54) is 12.2 Å². The Hall–Kier alpha value is -1.35. The van der Waals surface area contributed by atoms with Crippen LogP contribution < -0.4 is 0 Å². The minimum absolute atomic E-state index is 0.246. The van der Waals surface area contributed by atoms with Crippen LogP contribution in [0.5, 0.6) is 0 Å². The first-order chi connectivity index (χ1) is 7.54. The van der Waals surface area contributed by atoms with E-state index in [9.17, 15) is 8.42 Å². The zero-order valence-corrected chi connectivity index (χ0v) is 10.8. The second kappa shape index (κ2) is 7.01. The molecule has 0 fully saturated rings. The quantitative estimate of drug-likeness (QED) is 0.687. The van der Waals surface area contributed by atoms with Gasteiger partial charge in [-0.2, -0.15) is 0 Å². The molecule has 0 aliphatic rings. The molecule has 16 heavy (non-hydrogen) atoms. The fourth-order valence-electron chi connectivity index (χ4n) is 1.16. The second-order valence-electron chi connectivity index (χ2n) is 3.00.